The zero-order chi connectivity index (χ0) is 19.8. The SMILES string of the molecule is COc1ccc(CCCNCCCC2=Cc3cc(OC)c(OC)cc3C2)cc1. The molecule has 0 aliphatic heterocycles. The first kappa shape index (κ1) is 20.3. The average Bonchev–Trinajstić information content (AvgIpc) is 3.13. The van der Waals surface area contributed by atoms with Crippen LogP contribution in [0.2, 0.25) is 0 Å². The predicted molar refractivity (Wildman–Crippen MR) is 115 cm³/mol. The zero-order valence-electron chi connectivity index (χ0n) is 17.2. The summed E-state index contributed by atoms with van der Waals surface area (Å²) < 4.78 is 16.0. The minimum Gasteiger partial charge on any atom is -0.497 e. The molecule has 150 valence electrons. The van der Waals surface area contributed by atoms with Crippen LogP contribution < -0.4 is 19.5 Å². The lowest BCUT2D eigenvalue weighted by molar-refractivity contribution is 0.354. The van der Waals surface area contributed by atoms with Gasteiger partial charge in [0.25, 0.3) is 0 Å². The Bertz CT molecular complexity index is 796. The maximum absolute atomic E-state index is 5.41. The highest BCUT2D eigenvalue weighted by molar-refractivity contribution is 5.67. The number of ether oxygens (including phenoxy) is 3. The molecule has 2 aromatic rings. The van der Waals surface area contributed by atoms with Gasteiger partial charge in [0, 0.05) is 0 Å². The molecule has 0 aromatic heterocycles. The fraction of sp³-hybridized carbons (Fsp3) is 0.417. The standard InChI is InChI=1S/C24H31NO3/c1-26-22-10-8-18(9-11-22)6-4-12-25-13-5-7-19-14-20-16-23(27-2)24(28-3)17-21(20)15-19/h8-11,14,16-17,25H,4-7,12-13,15H2,1-3H3. The first-order valence-electron chi connectivity index (χ1n) is 10.0. The molecule has 4 nitrogen and oxygen atoms in total. The molecule has 0 saturated heterocycles. The lowest BCUT2D eigenvalue weighted by atomic mass is 10.1. The summed E-state index contributed by atoms with van der Waals surface area (Å²) in [5.74, 6) is 2.54. The van der Waals surface area contributed by atoms with E-state index in [1.807, 2.05) is 12.1 Å². The molecule has 0 amide bonds. The number of hydrogen-bond acceptors (Lipinski definition) is 4. The van der Waals surface area contributed by atoms with Gasteiger partial charge in [0.2, 0.25) is 0 Å². The van der Waals surface area contributed by atoms with Crippen molar-refractivity contribution in [2.75, 3.05) is 34.4 Å². The van der Waals surface area contributed by atoms with Gasteiger partial charge in [0.1, 0.15) is 5.75 Å². The van der Waals surface area contributed by atoms with Gasteiger partial charge in [-0.2, -0.15) is 0 Å². The number of fused-ring (bicyclic) bond motifs is 1. The van der Waals surface area contributed by atoms with Gasteiger partial charge in [0.05, 0.1) is 21.3 Å². The van der Waals surface area contributed by atoms with Crippen LogP contribution in [0.15, 0.2) is 42.0 Å². The Morgan fingerprint density at radius 3 is 2.18 bits per heavy atom. The fourth-order valence-electron chi connectivity index (χ4n) is 3.68. The van der Waals surface area contributed by atoms with Gasteiger partial charge in [0.15, 0.2) is 11.5 Å². The summed E-state index contributed by atoms with van der Waals surface area (Å²) in [6, 6.07) is 12.5. The summed E-state index contributed by atoms with van der Waals surface area (Å²) in [5.41, 5.74) is 5.45. The number of hydrogen-bond donors (Lipinski definition) is 1. The van der Waals surface area contributed by atoms with Crippen LogP contribution in [0.4, 0.5) is 0 Å². The summed E-state index contributed by atoms with van der Waals surface area (Å²) >= 11 is 0. The molecule has 0 fully saturated rings. The van der Waals surface area contributed by atoms with Crippen molar-refractivity contribution in [2.45, 2.75) is 32.1 Å². The summed E-state index contributed by atoms with van der Waals surface area (Å²) in [7, 11) is 5.07. The molecule has 0 unspecified atom stereocenters. The number of allylic oxidation sites excluding steroid dienone is 1. The maximum Gasteiger partial charge on any atom is 0.161 e. The third kappa shape index (κ3) is 5.29. The van der Waals surface area contributed by atoms with Crippen LogP contribution in [0.25, 0.3) is 6.08 Å². The van der Waals surface area contributed by atoms with Crippen LogP contribution in [0.1, 0.15) is 36.0 Å². The lowest BCUT2D eigenvalue weighted by Gasteiger charge is -2.09. The van der Waals surface area contributed by atoms with E-state index in [4.69, 9.17) is 14.2 Å². The Morgan fingerprint density at radius 1 is 0.821 bits per heavy atom. The minimum atomic E-state index is 0.803. The van der Waals surface area contributed by atoms with Crippen molar-refractivity contribution in [3.8, 4) is 17.2 Å². The Morgan fingerprint density at radius 2 is 1.50 bits per heavy atom. The quantitative estimate of drug-likeness (QED) is 0.575. The van der Waals surface area contributed by atoms with Crippen molar-refractivity contribution in [1.82, 2.24) is 5.32 Å². The Balaban J connectivity index is 1.33. The van der Waals surface area contributed by atoms with Crippen molar-refractivity contribution in [3.63, 3.8) is 0 Å². The van der Waals surface area contributed by atoms with E-state index in [9.17, 15) is 0 Å². The Kier molecular flexibility index (Phi) is 7.38. The van der Waals surface area contributed by atoms with Gasteiger partial charge in [-0.15, -0.1) is 0 Å². The third-order valence-corrected chi connectivity index (χ3v) is 5.25. The van der Waals surface area contributed by atoms with Crippen LogP contribution >= 0.6 is 0 Å². The zero-order valence-corrected chi connectivity index (χ0v) is 17.2. The molecule has 2 aromatic carbocycles. The highest BCUT2D eigenvalue weighted by Crippen LogP contribution is 2.36. The number of methoxy groups -OCH3 is 3. The predicted octanol–water partition coefficient (Wildman–Crippen LogP) is 4.65. The molecule has 0 radical (unpaired) electrons. The number of benzene rings is 2. The largest absolute Gasteiger partial charge is 0.497 e. The monoisotopic (exact) mass is 381 g/mol. The number of rotatable bonds is 11. The second-order valence-electron chi connectivity index (χ2n) is 7.19. The topological polar surface area (TPSA) is 39.7 Å². The molecule has 3 rings (SSSR count). The number of aryl methyl sites for hydroxylation is 1. The van der Waals surface area contributed by atoms with Gasteiger partial charge in [-0.3, -0.25) is 0 Å². The van der Waals surface area contributed by atoms with Gasteiger partial charge in [-0.05, 0) is 86.1 Å². The summed E-state index contributed by atoms with van der Waals surface area (Å²) in [6.45, 7) is 2.11. The van der Waals surface area contributed by atoms with Gasteiger partial charge < -0.3 is 19.5 Å². The van der Waals surface area contributed by atoms with E-state index in [2.05, 4.69) is 35.7 Å². The normalized spacial score (nSPS) is 12.5. The molecule has 1 aliphatic carbocycles. The molecule has 4 heteroatoms. The maximum atomic E-state index is 5.41. The molecule has 0 heterocycles. The number of nitrogens with one attached hydrogen (secondary N) is 1. The smallest absolute Gasteiger partial charge is 0.161 e. The molecular weight excluding hydrogens is 350 g/mol. The van der Waals surface area contributed by atoms with Gasteiger partial charge in [-0.1, -0.05) is 23.8 Å². The summed E-state index contributed by atoms with van der Waals surface area (Å²) in [4.78, 5) is 0. The van der Waals surface area contributed by atoms with E-state index in [0.717, 1.165) is 62.4 Å². The molecule has 0 saturated carbocycles. The van der Waals surface area contributed by atoms with Crippen LogP contribution in [0, 0.1) is 0 Å². The van der Waals surface area contributed by atoms with E-state index >= 15 is 0 Å². The van der Waals surface area contributed by atoms with Crippen LogP contribution in [-0.4, -0.2) is 34.4 Å². The van der Waals surface area contributed by atoms with Crippen LogP contribution in [0.3, 0.4) is 0 Å². The van der Waals surface area contributed by atoms with Crippen molar-refractivity contribution < 1.29 is 14.2 Å². The first-order chi connectivity index (χ1) is 13.7. The van der Waals surface area contributed by atoms with Crippen molar-refractivity contribution in [2.24, 2.45) is 0 Å². The molecule has 0 bridgehead atoms. The van der Waals surface area contributed by atoms with Crippen LogP contribution in [-0.2, 0) is 12.8 Å². The van der Waals surface area contributed by atoms with Gasteiger partial charge in [-0.25, -0.2) is 0 Å². The van der Waals surface area contributed by atoms with Crippen LogP contribution in [0.5, 0.6) is 17.2 Å². The summed E-state index contributed by atoms with van der Waals surface area (Å²) in [6.07, 6.45) is 7.87. The van der Waals surface area contributed by atoms with Gasteiger partial charge >= 0.3 is 0 Å². The Hall–Kier alpha value is -2.46. The van der Waals surface area contributed by atoms with Crippen molar-refractivity contribution in [3.05, 3.63) is 58.7 Å². The summed E-state index contributed by atoms with van der Waals surface area (Å²) in [5, 5.41) is 3.57. The molecule has 0 atom stereocenters. The first-order valence-corrected chi connectivity index (χ1v) is 10.0. The van der Waals surface area contributed by atoms with E-state index in [0.29, 0.717) is 0 Å². The van der Waals surface area contributed by atoms with Crippen molar-refractivity contribution >= 4 is 6.08 Å². The van der Waals surface area contributed by atoms with E-state index in [-0.39, 0.29) is 0 Å². The van der Waals surface area contributed by atoms with E-state index < -0.39 is 0 Å². The minimum absolute atomic E-state index is 0.803. The highest BCUT2D eigenvalue weighted by atomic mass is 16.5. The average molecular weight is 382 g/mol. The second-order valence-corrected chi connectivity index (χ2v) is 7.19. The lowest BCUT2D eigenvalue weighted by Crippen LogP contribution is -2.17. The van der Waals surface area contributed by atoms with Crippen molar-refractivity contribution in [1.29, 1.82) is 0 Å². The second kappa shape index (κ2) is 10.2. The van der Waals surface area contributed by atoms with E-state index in [1.165, 1.54) is 22.3 Å². The molecule has 0 spiro atoms. The Labute approximate surface area is 168 Å². The van der Waals surface area contributed by atoms with E-state index in [1.54, 1.807) is 21.3 Å². The third-order valence-electron chi connectivity index (χ3n) is 5.25. The molecule has 28 heavy (non-hydrogen) atoms. The molecule has 1 N–H and O–H groups in total. The fourth-order valence-corrected chi connectivity index (χ4v) is 3.68. The highest BCUT2D eigenvalue weighted by Gasteiger charge is 2.16. The molecule has 1 aliphatic rings. The molecular formula is C24H31NO3.